The first-order chi connectivity index (χ1) is 13.1. The number of hydrogen-bond donors (Lipinski definition) is 1. The molecule has 0 aliphatic carbocycles. The quantitative estimate of drug-likeness (QED) is 0.847. The molecule has 1 N–H and O–H groups in total. The summed E-state index contributed by atoms with van der Waals surface area (Å²) in [6.07, 6.45) is 2.10. The number of hydrogen-bond acceptors (Lipinski definition) is 5. The molecule has 144 valence electrons. The van der Waals surface area contributed by atoms with Crippen LogP contribution in [0.1, 0.15) is 30.9 Å². The van der Waals surface area contributed by atoms with Crippen LogP contribution in [-0.4, -0.2) is 38.3 Å². The topological polar surface area (TPSA) is 75.7 Å². The molecule has 1 saturated heterocycles. The van der Waals surface area contributed by atoms with Crippen LogP contribution < -0.4 is 10.1 Å². The maximum Gasteiger partial charge on any atom is 0.252 e. The van der Waals surface area contributed by atoms with Crippen molar-refractivity contribution in [2.75, 3.05) is 19.7 Å². The predicted octanol–water partition coefficient (Wildman–Crippen LogP) is 2.79. The van der Waals surface area contributed by atoms with Gasteiger partial charge in [-0.3, -0.25) is 4.79 Å². The fraction of sp³-hybridized carbons (Fsp3) is 0.421. The molecule has 0 spiro atoms. The van der Waals surface area contributed by atoms with E-state index in [1.807, 2.05) is 24.3 Å². The number of ether oxygens (including phenoxy) is 1. The highest BCUT2D eigenvalue weighted by Crippen LogP contribution is 2.32. The molecular weight excluding hydrogens is 384 g/mol. The number of benzene rings is 1. The maximum absolute atomic E-state index is 12.9. The summed E-state index contributed by atoms with van der Waals surface area (Å²) in [5.74, 6) is 0.394. The first kappa shape index (κ1) is 18.5. The van der Waals surface area contributed by atoms with Gasteiger partial charge in [-0.1, -0.05) is 24.3 Å². The molecule has 1 amide bonds. The molecule has 1 aromatic carbocycles. The van der Waals surface area contributed by atoms with Crippen LogP contribution in [0, 0.1) is 5.92 Å². The van der Waals surface area contributed by atoms with Crippen molar-refractivity contribution in [3.8, 4) is 5.75 Å². The lowest BCUT2D eigenvalue weighted by atomic mass is 9.96. The molecule has 2 atom stereocenters. The van der Waals surface area contributed by atoms with Gasteiger partial charge < -0.3 is 10.1 Å². The van der Waals surface area contributed by atoms with Gasteiger partial charge in [-0.2, -0.15) is 4.31 Å². The summed E-state index contributed by atoms with van der Waals surface area (Å²) in [5, 5.41) is 4.87. The fourth-order valence-corrected chi connectivity index (χ4v) is 6.36. The van der Waals surface area contributed by atoms with Gasteiger partial charge in [0.25, 0.3) is 10.0 Å². The number of fused-ring (bicyclic) bond motifs is 1. The second-order valence-corrected chi connectivity index (χ2v) is 9.98. The standard InChI is InChI=1S/C19H22N2O4S2/c22-19(20-16-9-11-25-17-7-2-1-6-15(16)17)14-5-3-10-21(13-14)27(23,24)18-8-4-12-26-18/h1-2,4,6-8,12,14,16H,3,5,9-11,13H2,(H,20,22). The lowest BCUT2D eigenvalue weighted by Gasteiger charge is -2.33. The number of rotatable bonds is 4. The predicted molar refractivity (Wildman–Crippen MR) is 103 cm³/mol. The molecule has 1 aromatic heterocycles. The monoisotopic (exact) mass is 406 g/mol. The van der Waals surface area contributed by atoms with Gasteiger partial charge in [-0.05, 0) is 30.4 Å². The average molecular weight is 407 g/mol. The third-order valence-electron chi connectivity index (χ3n) is 5.12. The summed E-state index contributed by atoms with van der Waals surface area (Å²) in [6, 6.07) is 11.0. The van der Waals surface area contributed by atoms with E-state index in [1.54, 1.807) is 17.5 Å². The van der Waals surface area contributed by atoms with Crippen molar-refractivity contribution < 1.29 is 17.9 Å². The highest BCUT2D eigenvalue weighted by atomic mass is 32.2. The largest absolute Gasteiger partial charge is 0.493 e. The minimum Gasteiger partial charge on any atom is -0.493 e. The van der Waals surface area contributed by atoms with E-state index in [0.29, 0.717) is 36.6 Å². The summed E-state index contributed by atoms with van der Waals surface area (Å²) in [6.45, 7) is 1.26. The van der Waals surface area contributed by atoms with Gasteiger partial charge in [0.1, 0.15) is 9.96 Å². The first-order valence-corrected chi connectivity index (χ1v) is 11.4. The van der Waals surface area contributed by atoms with Gasteiger partial charge >= 0.3 is 0 Å². The molecule has 2 aromatic rings. The number of nitrogens with zero attached hydrogens (tertiary/aromatic N) is 1. The Hall–Kier alpha value is -1.90. The van der Waals surface area contributed by atoms with Crippen molar-refractivity contribution >= 4 is 27.3 Å². The molecule has 2 aliphatic rings. The van der Waals surface area contributed by atoms with Crippen LogP contribution in [0.25, 0.3) is 0 Å². The van der Waals surface area contributed by atoms with Crippen LogP contribution in [0.2, 0.25) is 0 Å². The third-order valence-corrected chi connectivity index (χ3v) is 8.36. The van der Waals surface area contributed by atoms with E-state index in [2.05, 4.69) is 5.32 Å². The Morgan fingerprint density at radius 1 is 1.19 bits per heavy atom. The molecule has 1 fully saturated rings. The Bertz CT molecular complexity index is 912. The van der Waals surface area contributed by atoms with Crippen LogP contribution >= 0.6 is 11.3 Å². The molecule has 0 radical (unpaired) electrons. The number of para-hydroxylation sites is 1. The number of carbonyl (C=O) groups is 1. The Morgan fingerprint density at radius 2 is 2.04 bits per heavy atom. The molecule has 27 heavy (non-hydrogen) atoms. The van der Waals surface area contributed by atoms with Crippen molar-refractivity contribution in [3.63, 3.8) is 0 Å². The molecule has 0 saturated carbocycles. The third kappa shape index (κ3) is 3.74. The van der Waals surface area contributed by atoms with E-state index in [-0.39, 0.29) is 24.4 Å². The van der Waals surface area contributed by atoms with E-state index in [4.69, 9.17) is 4.74 Å². The van der Waals surface area contributed by atoms with Crippen LogP contribution in [0.3, 0.4) is 0 Å². The van der Waals surface area contributed by atoms with Crippen LogP contribution in [0.15, 0.2) is 46.0 Å². The number of piperidine rings is 1. The van der Waals surface area contributed by atoms with Crippen molar-refractivity contribution in [3.05, 3.63) is 47.3 Å². The Morgan fingerprint density at radius 3 is 2.85 bits per heavy atom. The highest BCUT2D eigenvalue weighted by Gasteiger charge is 2.35. The number of thiophene rings is 1. The summed E-state index contributed by atoms with van der Waals surface area (Å²) < 4.78 is 32.9. The second kappa shape index (κ2) is 7.61. The van der Waals surface area contributed by atoms with Crippen LogP contribution in [-0.2, 0) is 14.8 Å². The Balaban J connectivity index is 1.46. The van der Waals surface area contributed by atoms with Crippen LogP contribution in [0.4, 0.5) is 0 Å². The molecular formula is C19H22N2O4S2. The SMILES string of the molecule is O=C(NC1CCOc2ccccc21)C1CCCN(S(=O)(=O)c2cccs2)C1. The van der Waals surface area contributed by atoms with Gasteiger partial charge in [0.05, 0.1) is 18.6 Å². The van der Waals surface area contributed by atoms with Gasteiger partial charge in [-0.25, -0.2) is 8.42 Å². The van der Waals surface area contributed by atoms with Gasteiger partial charge in [-0.15, -0.1) is 11.3 Å². The molecule has 4 rings (SSSR count). The summed E-state index contributed by atoms with van der Waals surface area (Å²) in [5.41, 5.74) is 0.982. The zero-order valence-electron chi connectivity index (χ0n) is 14.8. The molecule has 2 unspecified atom stereocenters. The lowest BCUT2D eigenvalue weighted by molar-refractivity contribution is -0.127. The number of sulfonamides is 1. The Labute approximate surface area is 163 Å². The van der Waals surface area contributed by atoms with E-state index >= 15 is 0 Å². The molecule has 6 nitrogen and oxygen atoms in total. The second-order valence-electron chi connectivity index (χ2n) is 6.87. The Kier molecular flexibility index (Phi) is 5.21. The maximum atomic E-state index is 12.9. The van der Waals surface area contributed by atoms with Gasteiger partial charge in [0.15, 0.2) is 0 Å². The minimum absolute atomic E-state index is 0.0808. The van der Waals surface area contributed by atoms with Crippen molar-refractivity contribution in [1.29, 1.82) is 0 Å². The molecule has 2 aliphatic heterocycles. The summed E-state index contributed by atoms with van der Waals surface area (Å²) in [4.78, 5) is 12.9. The van der Waals surface area contributed by atoms with Gasteiger partial charge in [0, 0.05) is 25.1 Å². The normalized spacial score (nSPS) is 23.3. The van der Waals surface area contributed by atoms with E-state index < -0.39 is 10.0 Å². The van der Waals surface area contributed by atoms with Crippen molar-refractivity contribution in [2.24, 2.45) is 5.92 Å². The zero-order valence-corrected chi connectivity index (χ0v) is 16.5. The highest BCUT2D eigenvalue weighted by molar-refractivity contribution is 7.91. The molecule has 3 heterocycles. The van der Waals surface area contributed by atoms with E-state index in [0.717, 1.165) is 11.3 Å². The number of amides is 1. The van der Waals surface area contributed by atoms with Gasteiger partial charge in [0.2, 0.25) is 5.91 Å². The van der Waals surface area contributed by atoms with E-state index in [1.165, 1.54) is 15.6 Å². The first-order valence-electron chi connectivity index (χ1n) is 9.11. The van der Waals surface area contributed by atoms with E-state index in [9.17, 15) is 13.2 Å². The summed E-state index contributed by atoms with van der Waals surface area (Å²) in [7, 11) is -3.52. The molecule has 0 bridgehead atoms. The summed E-state index contributed by atoms with van der Waals surface area (Å²) >= 11 is 1.21. The zero-order chi connectivity index (χ0) is 18.9. The van der Waals surface area contributed by atoms with Crippen molar-refractivity contribution in [1.82, 2.24) is 9.62 Å². The lowest BCUT2D eigenvalue weighted by Crippen LogP contribution is -2.46. The minimum atomic E-state index is -3.52. The van der Waals surface area contributed by atoms with Crippen molar-refractivity contribution in [2.45, 2.75) is 29.5 Å². The van der Waals surface area contributed by atoms with Crippen LogP contribution in [0.5, 0.6) is 5.75 Å². The fourth-order valence-electron chi connectivity index (χ4n) is 3.69. The number of carbonyl (C=O) groups excluding carboxylic acids is 1. The average Bonchev–Trinajstić information content (AvgIpc) is 3.24. The number of nitrogens with one attached hydrogen (secondary N) is 1. The smallest absolute Gasteiger partial charge is 0.252 e. The molecule has 8 heteroatoms.